The van der Waals surface area contributed by atoms with Crippen molar-refractivity contribution in [3.8, 4) is 0 Å². The highest BCUT2D eigenvalue weighted by molar-refractivity contribution is 7.93. The van der Waals surface area contributed by atoms with Gasteiger partial charge in [0.1, 0.15) is 4.90 Å². The minimum atomic E-state index is -3.87. The SMILES string of the molecule is Cc1ccc(N)c(S(=O)(=O)Nc2nnc(C)c(C)n2)c1C. The van der Waals surface area contributed by atoms with Crippen molar-refractivity contribution < 1.29 is 8.42 Å². The summed E-state index contributed by atoms with van der Waals surface area (Å²) in [5.41, 5.74) is 8.68. The molecule has 21 heavy (non-hydrogen) atoms. The monoisotopic (exact) mass is 307 g/mol. The third-order valence-electron chi connectivity index (χ3n) is 3.29. The normalized spacial score (nSPS) is 11.4. The van der Waals surface area contributed by atoms with E-state index in [1.807, 2.05) is 6.92 Å². The van der Waals surface area contributed by atoms with E-state index in [0.29, 0.717) is 17.0 Å². The zero-order valence-electron chi connectivity index (χ0n) is 12.3. The molecule has 0 saturated heterocycles. The van der Waals surface area contributed by atoms with Crippen molar-refractivity contribution in [2.24, 2.45) is 0 Å². The molecule has 0 spiro atoms. The van der Waals surface area contributed by atoms with Crippen LogP contribution in [-0.2, 0) is 10.0 Å². The van der Waals surface area contributed by atoms with E-state index in [0.717, 1.165) is 5.56 Å². The molecule has 8 heteroatoms. The summed E-state index contributed by atoms with van der Waals surface area (Å²) < 4.78 is 27.3. The van der Waals surface area contributed by atoms with Gasteiger partial charge < -0.3 is 5.73 Å². The molecule has 1 aromatic heterocycles. The Kier molecular flexibility index (Phi) is 3.82. The van der Waals surface area contributed by atoms with Crippen molar-refractivity contribution in [1.29, 1.82) is 0 Å². The summed E-state index contributed by atoms with van der Waals surface area (Å²) in [4.78, 5) is 4.11. The Morgan fingerprint density at radius 2 is 1.71 bits per heavy atom. The first-order valence-electron chi connectivity index (χ1n) is 6.29. The summed E-state index contributed by atoms with van der Waals surface area (Å²) in [6.07, 6.45) is 0. The van der Waals surface area contributed by atoms with E-state index < -0.39 is 10.0 Å². The standard InChI is InChI=1S/C13H17N5O2S/c1-7-5-6-11(14)12(8(7)2)21(19,20)18-13-15-9(3)10(4)16-17-13/h5-6H,14H2,1-4H3,(H,15,17,18). The lowest BCUT2D eigenvalue weighted by Crippen LogP contribution is -2.19. The van der Waals surface area contributed by atoms with Crippen molar-refractivity contribution >= 4 is 21.7 Å². The van der Waals surface area contributed by atoms with E-state index in [1.54, 1.807) is 32.9 Å². The molecule has 0 unspecified atom stereocenters. The minimum Gasteiger partial charge on any atom is -0.398 e. The summed E-state index contributed by atoms with van der Waals surface area (Å²) in [5.74, 6) is -0.0709. The van der Waals surface area contributed by atoms with E-state index in [9.17, 15) is 8.42 Å². The Balaban J connectivity index is 2.48. The highest BCUT2D eigenvalue weighted by atomic mass is 32.2. The average molecular weight is 307 g/mol. The fourth-order valence-electron chi connectivity index (χ4n) is 1.84. The summed E-state index contributed by atoms with van der Waals surface area (Å²) in [5, 5.41) is 7.59. The summed E-state index contributed by atoms with van der Waals surface area (Å²) in [6.45, 7) is 7.01. The Morgan fingerprint density at radius 1 is 1.05 bits per heavy atom. The number of anilines is 2. The molecule has 0 bridgehead atoms. The predicted molar refractivity (Wildman–Crippen MR) is 80.4 cm³/mol. The maximum absolute atomic E-state index is 12.5. The first-order valence-corrected chi connectivity index (χ1v) is 7.77. The van der Waals surface area contributed by atoms with Crippen molar-refractivity contribution in [3.05, 3.63) is 34.6 Å². The van der Waals surface area contributed by atoms with Crippen LogP contribution in [0.25, 0.3) is 0 Å². The molecule has 0 amide bonds. The van der Waals surface area contributed by atoms with Gasteiger partial charge in [0.15, 0.2) is 0 Å². The number of rotatable bonds is 3. The van der Waals surface area contributed by atoms with E-state index in [4.69, 9.17) is 5.73 Å². The third-order valence-corrected chi connectivity index (χ3v) is 4.82. The first kappa shape index (κ1) is 15.2. The molecule has 0 atom stereocenters. The van der Waals surface area contributed by atoms with Crippen LogP contribution in [-0.4, -0.2) is 23.6 Å². The highest BCUT2D eigenvalue weighted by Crippen LogP contribution is 2.26. The molecule has 2 aromatic rings. The van der Waals surface area contributed by atoms with Gasteiger partial charge in [0.2, 0.25) is 0 Å². The van der Waals surface area contributed by atoms with Crippen molar-refractivity contribution in [2.75, 3.05) is 10.5 Å². The Hall–Kier alpha value is -2.22. The van der Waals surface area contributed by atoms with Crippen LogP contribution in [0.1, 0.15) is 22.5 Å². The fourth-order valence-corrected chi connectivity index (χ4v) is 3.21. The molecule has 0 radical (unpaired) electrons. The van der Waals surface area contributed by atoms with Crippen LogP contribution in [0.4, 0.5) is 11.6 Å². The van der Waals surface area contributed by atoms with Gasteiger partial charge in [-0.15, -0.1) is 5.10 Å². The van der Waals surface area contributed by atoms with E-state index in [1.165, 1.54) is 0 Å². The highest BCUT2D eigenvalue weighted by Gasteiger charge is 2.22. The summed E-state index contributed by atoms with van der Waals surface area (Å²) in [7, 11) is -3.87. The molecule has 0 aliphatic carbocycles. The lowest BCUT2D eigenvalue weighted by molar-refractivity contribution is 0.600. The molecule has 1 aromatic carbocycles. The van der Waals surface area contributed by atoms with Gasteiger partial charge in [-0.3, -0.25) is 0 Å². The zero-order valence-corrected chi connectivity index (χ0v) is 13.1. The largest absolute Gasteiger partial charge is 0.398 e. The summed E-state index contributed by atoms with van der Waals surface area (Å²) in [6, 6.07) is 3.34. The van der Waals surface area contributed by atoms with Crippen LogP contribution in [0.2, 0.25) is 0 Å². The van der Waals surface area contributed by atoms with Crippen LogP contribution >= 0.6 is 0 Å². The lowest BCUT2D eigenvalue weighted by atomic mass is 10.1. The maximum Gasteiger partial charge on any atom is 0.266 e. The molecule has 0 aliphatic heterocycles. The van der Waals surface area contributed by atoms with Crippen LogP contribution in [0.15, 0.2) is 17.0 Å². The third kappa shape index (κ3) is 2.94. The van der Waals surface area contributed by atoms with E-state index in [2.05, 4.69) is 19.9 Å². The number of benzene rings is 1. The number of aryl methyl sites for hydroxylation is 3. The minimum absolute atomic E-state index is 0.0457. The maximum atomic E-state index is 12.5. The second kappa shape index (κ2) is 5.28. The quantitative estimate of drug-likeness (QED) is 0.831. The molecular weight excluding hydrogens is 290 g/mol. The van der Waals surface area contributed by atoms with Gasteiger partial charge in [-0.05, 0) is 44.9 Å². The molecule has 7 nitrogen and oxygen atoms in total. The summed E-state index contributed by atoms with van der Waals surface area (Å²) >= 11 is 0. The Labute approximate surface area is 123 Å². The van der Waals surface area contributed by atoms with Crippen molar-refractivity contribution in [2.45, 2.75) is 32.6 Å². The molecule has 1 heterocycles. The van der Waals surface area contributed by atoms with Gasteiger partial charge in [-0.25, -0.2) is 18.1 Å². The number of hydrogen-bond donors (Lipinski definition) is 2. The van der Waals surface area contributed by atoms with Crippen LogP contribution in [0.5, 0.6) is 0 Å². The topological polar surface area (TPSA) is 111 Å². The van der Waals surface area contributed by atoms with Gasteiger partial charge in [0, 0.05) is 0 Å². The van der Waals surface area contributed by atoms with Crippen LogP contribution in [0, 0.1) is 27.7 Å². The molecule has 112 valence electrons. The fraction of sp³-hybridized carbons (Fsp3) is 0.308. The Morgan fingerprint density at radius 3 is 2.33 bits per heavy atom. The second-order valence-electron chi connectivity index (χ2n) is 4.84. The molecule has 0 aliphatic rings. The number of sulfonamides is 1. The number of aromatic nitrogens is 3. The predicted octanol–water partition coefficient (Wildman–Crippen LogP) is 1.49. The molecule has 2 rings (SSSR count). The van der Waals surface area contributed by atoms with Crippen LogP contribution in [0.3, 0.4) is 0 Å². The lowest BCUT2D eigenvalue weighted by Gasteiger charge is -2.13. The van der Waals surface area contributed by atoms with Gasteiger partial charge in [-0.1, -0.05) is 6.07 Å². The molecule has 0 fully saturated rings. The smallest absolute Gasteiger partial charge is 0.266 e. The zero-order chi connectivity index (χ0) is 15.8. The molecular formula is C13H17N5O2S. The second-order valence-corrected chi connectivity index (χ2v) is 6.46. The van der Waals surface area contributed by atoms with Crippen LogP contribution < -0.4 is 10.5 Å². The van der Waals surface area contributed by atoms with E-state index in [-0.39, 0.29) is 16.5 Å². The number of nitrogens with zero attached hydrogens (tertiary/aromatic N) is 3. The van der Waals surface area contributed by atoms with Gasteiger partial charge in [-0.2, -0.15) is 5.10 Å². The number of hydrogen-bond acceptors (Lipinski definition) is 6. The van der Waals surface area contributed by atoms with Crippen molar-refractivity contribution in [1.82, 2.24) is 15.2 Å². The van der Waals surface area contributed by atoms with Gasteiger partial charge in [0.05, 0.1) is 17.1 Å². The first-order chi connectivity index (χ1) is 9.72. The molecule has 0 saturated carbocycles. The number of nitrogens with one attached hydrogen (secondary N) is 1. The molecule has 3 N–H and O–H groups in total. The van der Waals surface area contributed by atoms with Gasteiger partial charge in [0.25, 0.3) is 16.0 Å². The van der Waals surface area contributed by atoms with Crippen molar-refractivity contribution in [3.63, 3.8) is 0 Å². The average Bonchev–Trinajstić information content (AvgIpc) is 2.38. The Bertz CT molecular complexity index is 802. The van der Waals surface area contributed by atoms with E-state index >= 15 is 0 Å². The van der Waals surface area contributed by atoms with Gasteiger partial charge >= 0.3 is 0 Å². The number of nitrogens with two attached hydrogens (primary N) is 1. The number of nitrogen functional groups attached to an aromatic ring is 1.